The summed E-state index contributed by atoms with van der Waals surface area (Å²) in [4.78, 5) is 12.8. The molecule has 1 aliphatic rings. The summed E-state index contributed by atoms with van der Waals surface area (Å²) in [5.41, 5.74) is -0.136. The Hall–Kier alpha value is -1.92. The van der Waals surface area contributed by atoms with Gasteiger partial charge in [-0.2, -0.15) is 13.2 Å². The second kappa shape index (κ2) is 10.1. The van der Waals surface area contributed by atoms with Crippen LogP contribution < -0.4 is 4.72 Å². The molecule has 0 bridgehead atoms. The third-order valence-electron chi connectivity index (χ3n) is 4.71. The minimum atomic E-state index is -4.71. The third-order valence-corrected chi connectivity index (χ3v) is 6.62. The molecule has 2 N–H and O–H groups in total. The Bertz CT molecular complexity index is 980. The number of alkyl halides is 3. The Morgan fingerprint density at radius 2 is 2.06 bits per heavy atom. The minimum Gasteiger partial charge on any atom is -0.465 e. The minimum absolute atomic E-state index is 0.0241. The van der Waals surface area contributed by atoms with Crippen LogP contribution in [0.1, 0.15) is 31.7 Å². The van der Waals surface area contributed by atoms with E-state index in [1.54, 1.807) is 18.9 Å². The molecule has 31 heavy (non-hydrogen) atoms. The maximum atomic E-state index is 13.1. The van der Waals surface area contributed by atoms with Crippen molar-refractivity contribution in [1.29, 1.82) is 5.41 Å². The zero-order chi connectivity index (χ0) is 23.4. The highest BCUT2D eigenvalue weighted by atomic mass is 79.9. The van der Waals surface area contributed by atoms with Crippen LogP contribution in [-0.2, 0) is 25.7 Å². The second-order valence-electron chi connectivity index (χ2n) is 6.95. The number of esters is 1. The van der Waals surface area contributed by atoms with Crippen molar-refractivity contribution in [3.63, 3.8) is 0 Å². The van der Waals surface area contributed by atoms with Crippen LogP contribution in [0, 0.1) is 5.41 Å². The monoisotopic (exact) mass is 525 g/mol. The second-order valence-corrected chi connectivity index (χ2v) is 9.58. The van der Waals surface area contributed by atoms with Gasteiger partial charge in [-0.1, -0.05) is 15.9 Å². The zero-order valence-corrected chi connectivity index (χ0v) is 19.3. The molecule has 0 heterocycles. The SMILES string of the molecule is CCOC(=O)CN(C)C1=C(C=N)C(NS(=O)(=O)c2cc(Br)cc(C(F)(F)F)c2)CCC1. The molecule has 0 aliphatic heterocycles. The molecule has 0 saturated heterocycles. The first-order valence-corrected chi connectivity index (χ1v) is 11.7. The number of nitrogens with zero attached hydrogens (tertiary/aromatic N) is 1. The fraction of sp³-hybridized carbons (Fsp3) is 0.474. The molecule has 0 fully saturated rings. The van der Waals surface area contributed by atoms with E-state index in [0.29, 0.717) is 36.6 Å². The van der Waals surface area contributed by atoms with E-state index in [9.17, 15) is 26.4 Å². The van der Waals surface area contributed by atoms with E-state index in [1.807, 2.05) is 0 Å². The number of allylic oxidation sites excluding steroid dienone is 1. The van der Waals surface area contributed by atoms with Crippen LogP contribution in [-0.4, -0.2) is 51.7 Å². The Kier molecular flexibility index (Phi) is 8.28. The Morgan fingerprint density at radius 1 is 1.39 bits per heavy atom. The van der Waals surface area contributed by atoms with Gasteiger partial charge in [-0.05, 0) is 44.4 Å². The summed E-state index contributed by atoms with van der Waals surface area (Å²) in [7, 11) is -2.68. The average molecular weight is 526 g/mol. The molecule has 1 aromatic carbocycles. The zero-order valence-electron chi connectivity index (χ0n) is 16.9. The van der Waals surface area contributed by atoms with E-state index in [1.165, 1.54) is 0 Å². The van der Waals surface area contributed by atoms with Crippen molar-refractivity contribution in [2.45, 2.75) is 43.3 Å². The molecule has 0 radical (unpaired) electrons. The lowest BCUT2D eigenvalue weighted by atomic mass is 9.92. The van der Waals surface area contributed by atoms with Gasteiger partial charge in [0.1, 0.15) is 6.54 Å². The molecule has 0 amide bonds. The van der Waals surface area contributed by atoms with Crippen LogP contribution in [0.2, 0.25) is 0 Å². The van der Waals surface area contributed by atoms with Gasteiger partial charge in [-0.25, -0.2) is 13.1 Å². The van der Waals surface area contributed by atoms with Crippen LogP contribution in [0.5, 0.6) is 0 Å². The number of sulfonamides is 1. The summed E-state index contributed by atoms with van der Waals surface area (Å²) in [5.74, 6) is -0.460. The van der Waals surface area contributed by atoms with Crippen molar-refractivity contribution in [2.75, 3.05) is 20.2 Å². The molecule has 1 unspecified atom stereocenters. The largest absolute Gasteiger partial charge is 0.465 e. The van der Waals surface area contributed by atoms with Crippen LogP contribution in [0.25, 0.3) is 0 Å². The van der Waals surface area contributed by atoms with Crippen molar-refractivity contribution in [3.8, 4) is 0 Å². The number of benzene rings is 1. The third kappa shape index (κ3) is 6.53. The van der Waals surface area contributed by atoms with Gasteiger partial charge in [0.05, 0.1) is 23.1 Å². The van der Waals surface area contributed by atoms with E-state index >= 15 is 0 Å². The highest BCUT2D eigenvalue weighted by Gasteiger charge is 2.34. The first-order chi connectivity index (χ1) is 14.4. The number of rotatable bonds is 8. The van der Waals surface area contributed by atoms with Gasteiger partial charge in [0.15, 0.2) is 0 Å². The summed E-state index contributed by atoms with van der Waals surface area (Å²) in [6.45, 7) is 1.83. The standard InChI is InChI=1S/C19H23BrF3N3O4S/c1-3-30-18(27)11-26(2)17-6-4-5-16(15(17)10-24)25-31(28,29)14-8-12(19(21,22)23)7-13(20)9-14/h7-10,16,24-25H,3-6,11H2,1-2H3. The Balaban J connectivity index is 2.35. The molecular formula is C19H23BrF3N3O4S. The maximum Gasteiger partial charge on any atom is 0.416 e. The predicted molar refractivity (Wildman–Crippen MR) is 112 cm³/mol. The van der Waals surface area contributed by atoms with Gasteiger partial charge in [0.25, 0.3) is 0 Å². The quantitative estimate of drug-likeness (QED) is 0.398. The number of carbonyl (C=O) groups is 1. The molecule has 7 nitrogen and oxygen atoms in total. The highest BCUT2D eigenvalue weighted by Crippen LogP contribution is 2.34. The van der Waals surface area contributed by atoms with Gasteiger partial charge in [0, 0.05) is 29.0 Å². The molecule has 0 saturated carbocycles. The number of ether oxygens (including phenoxy) is 1. The van der Waals surface area contributed by atoms with E-state index in [0.717, 1.165) is 18.3 Å². The van der Waals surface area contributed by atoms with Crippen molar-refractivity contribution in [2.24, 2.45) is 0 Å². The molecule has 12 heteroatoms. The first-order valence-electron chi connectivity index (χ1n) is 9.39. The number of nitrogens with one attached hydrogen (secondary N) is 2. The lowest BCUT2D eigenvalue weighted by Gasteiger charge is -2.32. The van der Waals surface area contributed by atoms with Gasteiger partial charge >= 0.3 is 12.1 Å². The van der Waals surface area contributed by atoms with E-state index in [-0.39, 0.29) is 17.6 Å². The summed E-state index contributed by atoms with van der Waals surface area (Å²) >= 11 is 2.92. The molecular weight excluding hydrogens is 503 g/mol. The van der Waals surface area contributed by atoms with Crippen LogP contribution in [0.15, 0.2) is 38.8 Å². The molecule has 2 rings (SSSR count). The summed E-state index contributed by atoms with van der Waals surface area (Å²) in [6, 6.07) is 1.63. The fourth-order valence-corrected chi connectivity index (χ4v) is 5.29. The van der Waals surface area contributed by atoms with Gasteiger partial charge in [0.2, 0.25) is 10.0 Å². The predicted octanol–water partition coefficient (Wildman–Crippen LogP) is 3.70. The topological polar surface area (TPSA) is 99.6 Å². The van der Waals surface area contributed by atoms with Gasteiger partial charge in [-0.15, -0.1) is 0 Å². The molecule has 172 valence electrons. The smallest absolute Gasteiger partial charge is 0.416 e. The van der Waals surface area contributed by atoms with Crippen molar-refractivity contribution in [3.05, 3.63) is 39.5 Å². The lowest BCUT2D eigenvalue weighted by molar-refractivity contribution is -0.143. The van der Waals surface area contributed by atoms with Gasteiger partial charge in [-0.3, -0.25) is 4.79 Å². The number of carbonyl (C=O) groups excluding carboxylic acids is 1. The number of hydrogen-bond acceptors (Lipinski definition) is 6. The first kappa shape index (κ1) is 25.3. The van der Waals surface area contributed by atoms with Crippen molar-refractivity contribution < 1.29 is 31.1 Å². The lowest BCUT2D eigenvalue weighted by Crippen LogP contribution is -2.41. The van der Waals surface area contributed by atoms with E-state index in [2.05, 4.69) is 20.7 Å². The molecule has 1 aromatic rings. The van der Waals surface area contributed by atoms with E-state index < -0.39 is 38.7 Å². The van der Waals surface area contributed by atoms with Gasteiger partial charge < -0.3 is 15.0 Å². The van der Waals surface area contributed by atoms with Crippen molar-refractivity contribution >= 4 is 38.1 Å². The number of likely N-dealkylation sites (N-methyl/N-ethyl adjacent to an activating group) is 1. The van der Waals surface area contributed by atoms with Crippen LogP contribution >= 0.6 is 15.9 Å². The number of hydrogen-bond donors (Lipinski definition) is 2. The fourth-order valence-electron chi connectivity index (χ4n) is 3.32. The summed E-state index contributed by atoms with van der Waals surface area (Å²) in [6.07, 6.45) is -2.25. The average Bonchev–Trinajstić information content (AvgIpc) is 2.66. The highest BCUT2D eigenvalue weighted by molar-refractivity contribution is 9.10. The Labute approximate surface area is 187 Å². The molecule has 1 atom stereocenters. The maximum absolute atomic E-state index is 13.1. The van der Waals surface area contributed by atoms with E-state index in [4.69, 9.17) is 10.1 Å². The Morgan fingerprint density at radius 3 is 2.65 bits per heavy atom. The normalized spacial score (nSPS) is 17.4. The molecule has 1 aliphatic carbocycles. The summed E-state index contributed by atoms with van der Waals surface area (Å²) < 4.78 is 72.3. The summed E-state index contributed by atoms with van der Waals surface area (Å²) in [5, 5.41) is 7.76. The van der Waals surface area contributed by atoms with Crippen LogP contribution in [0.4, 0.5) is 13.2 Å². The van der Waals surface area contributed by atoms with Crippen LogP contribution in [0.3, 0.4) is 0 Å². The molecule has 0 aromatic heterocycles. The molecule has 0 spiro atoms. The number of halogens is 4. The van der Waals surface area contributed by atoms with Crippen molar-refractivity contribution in [1.82, 2.24) is 9.62 Å².